The number of nitrogens with zero attached hydrogens (tertiary/aromatic N) is 3. The molecule has 10 nitrogen and oxygen atoms in total. The highest BCUT2D eigenvalue weighted by molar-refractivity contribution is 5.96. The second kappa shape index (κ2) is 18.4. The third-order valence-corrected chi connectivity index (χ3v) is 10.9. The van der Waals surface area contributed by atoms with Crippen molar-refractivity contribution in [2.24, 2.45) is 14.1 Å². The van der Waals surface area contributed by atoms with Crippen molar-refractivity contribution < 1.29 is 19.1 Å². The molecule has 6 aromatic rings. The number of aryl methyl sites for hydroxylation is 2. The molecule has 3 N–H and O–H groups in total. The van der Waals surface area contributed by atoms with Crippen molar-refractivity contribution in [1.29, 1.82) is 0 Å². The van der Waals surface area contributed by atoms with Crippen LogP contribution in [0.5, 0.6) is 0 Å². The van der Waals surface area contributed by atoms with Gasteiger partial charge in [0.2, 0.25) is 0 Å². The predicted molar refractivity (Wildman–Crippen MR) is 244 cm³/mol. The zero-order chi connectivity index (χ0) is 41.8. The van der Waals surface area contributed by atoms with Crippen molar-refractivity contribution in [1.82, 2.24) is 30.0 Å². The maximum Gasteiger partial charge on any atom is 0.410 e. The second-order valence-electron chi connectivity index (χ2n) is 16.4. The Morgan fingerprint density at radius 3 is 1.65 bits per heavy atom. The van der Waals surface area contributed by atoms with Crippen molar-refractivity contribution in [3.05, 3.63) is 155 Å². The molecule has 312 valence electrons. The van der Waals surface area contributed by atoms with E-state index in [0.29, 0.717) is 24.5 Å². The van der Waals surface area contributed by atoms with Crippen LogP contribution in [0.2, 0.25) is 0 Å². The Morgan fingerprint density at radius 1 is 0.683 bits per heavy atom. The lowest BCUT2D eigenvalue weighted by Gasteiger charge is -2.24. The van der Waals surface area contributed by atoms with Crippen LogP contribution < -0.4 is 16.0 Å². The van der Waals surface area contributed by atoms with E-state index in [1.165, 1.54) is 16.3 Å². The lowest BCUT2D eigenvalue weighted by molar-refractivity contribution is 0.0306. The van der Waals surface area contributed by atoms with E-state index in [0.717, 1.165) is 51.7 Å². The van der Waals surface area contributed by atoms with Crippen LogP contribution >= 0.6 is 12.4 Å². The third-order valence-electron chi connectivity index (χ3n) is 10.9. The minimum Gasteiger partial charge on any atom is -0.444 e. The molecule has 60 heavy (non-hydrogen) atoms. The molecular weight excluding hydrogens is 772 g/mol. The van der Waals surface area contributed by atoms with Crippen LogP contribution in [0, 0.1) is 0 Å². The lowest BCUT2D eigenvalue weighted by Crippen LogP contribution is -2.35. The highest BCUT2D eigenvalue weighted by Crippen LogP contribution is 2.28. The summed E-state index contributed by atoms with van der Waals surface area (Å²) in [5, 5.41) is 14.2. The number of aromatic nitrogens is 2. The van der Waals surface area contributed by atoms with Gasteiger partial charge in [-0.3, -0.25) is 9.59 Å². The summed E-state index contributed by atoms with van der Waals surface area (Å²) in [5.41, 5.74) is 7.26. The Labute approximate surface area is 358 Å². The maximum absolute atomic E-state index is 13.1. The van der Waals surface area contributed by atoms with Crippen LogP contribution in [-0.2, 0) is 18.8 Å². The minimum atomic E-state index is -0.529. The molecule has 0 fully saturated rings. The van der Waals surface area contributed by atoms with Crippen molar-refractivity contribution in [3.8, 4) is 0 Å². The first kappa shape index (κ1) is 43.5. The first-order valence-corrected chi connectivity index (χ1v) is 20.2. The highest BCUT2D eigenvalue weighted by atomic mass is 35.5. The average molecular weight is 827 g/mol. The van der Waals surface area contributed by atoms with Crippen LogP contribution in [0.1, 0.15) is 89.9 Å². The molecule has 11 heteroatoms. The van der Waals surface area contributed by atoms with Gasteiger partial charge in [0.15, 0.2) is 0 Å². The second-order valence-corrected chi connectivity index (χ2v) is 16.4. The van der Waals surface area contributed by atoms with Gasteiger partial charge in [-0.05, 0) is 102 Å². The van der Waals surface area contributed by atoms with Crippen LogP contribution in [0.25, 0.3) is 32.7 Å². The van der Waals surface area contributed by atoms with Crippen LogP contribution in [0.4, 0.5) is 4.79 Å². The Hall–Kier alpha value is -6.10. The summed E-state index contributed by atoms with van der Waals surface area (Å²) in [6, 6.07) is 32.5. The van der Waals surface area contributed by atoms with Crippen molar-refractivity contribution in [2.75, 3.05) is 26.2 Å². The predicted octanol–water partition coefficient (Wildman–Crippen LogP) is 9.38. The fourth-order valence-corrected chi connectivity index (χ4v) is 7.81. The zero-order valence-corrected chi connectivity index (χ0v) is 36.2. The molecule has 2 aliphatic rings. The molecule has 0 unspecified atom stereocenters. The number of benzene rings is 4. The summed E-state index contributed by atoms with van der Waals surface area (Å²) in [6.07, 6.45) is 7.82. The van der Waals surface area contributed by atoms with Gasteiger partial charge in [-0.2, -0.15) is 0 Å². The molecule has 8 rings (SSSR count). The van der Waals surface area contributed by atoms with E-state index in [-0.39, 0.29) is 42.4 Å². The lowest BCUT2D eigenvalue weighted by atomic mass is 9.99. The number of hydrogen-bond donors (Lipinski definition) is 3. The Kier molecular flexibility index (Phi) is 13.4. The normalized spacial score (nSPS) is 14.7. The van der Waals surface area contributed by atoms with Gasteiger partial charge >= 0.3 is 6.09 Å². The standard InChI is InChI=1S/C27H31N3O3.C22H23N3O.ClH/c1-18(22-12-8-10-19-9-6-7-11-23(19)22)28-25(31)24-15-21(16-29(24)5)20-13-14-30(17-20)26(32)33-27(2,3)4;1-15(19-9-5-7-16-6-3-4-8-20(16)19)24-22(26)21-12-18(14-25(21)2)17-10-11-23-13-17;/h6-13,15-16,18H,14,17H2,1-5H3,(H,28,31);3-10,12,14-15,23H,11,13H2,1-2H3,(H,24,26);1H/t18-;15-;/m11./s1. The molecule has 2 aromatic heterocycles. The number of hydrogen-bond acceptors (Lipinski definition) is 5. The Balaban J connectivity index is 0.000000203. The minimum absolute atomic E-state index is 0. The quantitative estimate of drug-likeness (QED) is 0.142. The maximum atomic E-state index is 13.1. The van der Waals surface area contributed by atoms with Crippen molar-refractivity contribution >= 4 is 63.0 Å². The van der Waals surface area contributed by atoms with E-state index in [4.69, 9.17) is 4.74 Å². The summed E-state index contributed by atoms with van der Waals surface area (Å²) >= 11 is 0. The number of carbonyl (C=O) groups is 3. The molecule has 0 saturated heterocycles. The van der Waals surface area contributed by atoms with E-state index in [1.807, 2.05) is 125 Å². The fraction of sp³-hybridized carbons (Fsp3) is 0.286. The number of amides is 3. The molecule has 4 aromatic carbocycles. The van der Waals surface area contributed by atoms with Gasteiger partial charge in [0, 0.05) is 52.7 Å². The molecule has 0 aliphatic carbocycles. The Bertz CT molecular complexity index is 2580. The largest absolute Gasteiger partial charge is 0.444 e. The molecule has 4 heterocycles. The molecule has 0 radical (unpaired) electrons. The summed E-state index contributed by atoms with van der Waals surface area (Å²) in [6.45, 7) is 12.3. The van der Waals surface area contributed by atoms with E-state index >= 15 is 0 Å². The number of carbonyl (C=O) groups excluding carboxylic acids is 3. The highest BCUT2D eigenvalue weighted by Gasteiger charge is 2.27. The molecule has 2 aliphatic heterocycles. The average Bonchev–Trinajstić information content (AvgIpc) is 4.04. The van der Waals surface area contributed by atoms with Gasteiger partial charge in [0.05, 0.1) is 12.1 Å². The van der Waals surface area contributed by atoms with E-state index < -0.39 is 5.60 Å². The van der Waals surface area contributed by atoms with E-state index in [1.54, 1.807) is 4.90 Å². The fourth-order valence-electron chi connectivity index (χ4n) is 7.81. The first-order chi connectivity index (χ1) is 28.3. The molecule has 0 saturated carbocycles. The Morgan fingerprint density at radius 2 is 1.17 bits per heavy atom. The molecule has 3 amide bonds. The van der Waals surface area contributed by atoms with Crippen LogP contribution in [0.3, 0.4) is 0 Å². The van der Waals surface area contributed by atoms with Gasteiger partial charge in [-0.15, -0.1) is 12.4 Å². The summed E-state index contributed by atoms with van der Waals surface area (Å²) in [5.74, 6) is -0.183. The van der Waals surface area contributed by atoms with Crippen LogP contribution in [0.15, 0.2) is 122 Å². The number of ether oxygens (including phenoxy) is 1. The molecule has 0 spiro atoms. The number of rotatable bonds is 8. The third kappa shape index (κ3) is 9.84. The number of nitrogens with one attached hydrogen (secondary N) is 3. The van der Waals surface area contributed by atoms with E-state index in [2.05, 4.69) is 70.6 Å². The van der Waals surface area contributed by atoms with Gasteiger partial charge in [-0.25, -0.2) is 4.79 Å². The monoisotopic (exact) mass is 826 g/mol. The van der Waals surface area contributed by atoms with Crippen LogP contribution in [-0.4, -0.2) is 63.7 Å². The molecule has 0 bridgehead atoms. The smallest absolute Gasteiger partial charge is 0.410 e. The van der Waals surface area contributed by atoms with Gasteiger partial charge in [0.1, 0.15) is 17.0 Å². The molecule has 2 atom stereocenters. The topological polar surface area (TPSA) is 110 Å². The summed E-state index contributed by atoms with van der Waals surface area (Å²) in [7, 11) is 3.78. The summed E-state index contributed by atoms with van der Waals surface area (Å²) < 4.78 is 9.21. The van der Waals surface area contributed by atoms with Gasteiger partial charge in [-0.1, -0.05) is 97.1 Å². The molecular formula is C49H55ClN6O4. The first-order valence-electron chi connectivity index (χ1n) is 20.2. The van der Waals surface area contributed by atoms with Gasteiger partial charge in [0.25, 0.3) is 11.8 Å². The van der Waals surface area contributed by atoms with Crippen molar-refractivity contribution in [2.45, 2.75) is 52.3 Å². The number of fused-ring (bicyclic) bond motifs is 2. The summed E-state index contributed by atoms with van der Waals surface area (Å²) in [4.78, 5) is 40.0. The van der Waals surface area contributed by atoms with E-state index in [9.17, 15) is 14.4 Å². The van der Waals surface area contributed by atoms with Gasteiger partial charge < -0.3 is 34.7 Å². The SMILES string of the molecule is C[C@@H](NC(=O)c1cc(C2=CCN(C(=O)OC(C)(C)C)C2)cn1C)c1cccc2ccccc12.C[C@@H](NC(=O)c1cc(C2=CCNC2)cn1C)c1cccc2ccccc12.Cl. The zero-order valence-electron chi connectivity index (χ0n) is 35.4. The number of halogens is 1. The van der Waals surface area contributed by atoms with Crippen molar-refractivity contribution in [3.63, 3.8) is 0 Å².